The van der Waals surface area contributed by atoms with Crippen LogP contribution in [0.25, 0.3) is 6.08 Å². The molecule has 1 aliphatic rings. The summed E-state index contributed by atoms with van der Waals surface area (Å²) < 4.78 is 6.86. The third-order valence-corrected chi connectivity index (χ3v) is 6.93. The van der Waals surface area contributed by atoms with Crippen molar-refractivity contribution in [3.8, 4) is 5.75 Å². The van der Waals surface area contributed by atoms with Crippen molar-refractivity contribution in [3.63, 3.8) is 0 Å². The van der Waals surface area contributed by atoms with E-state index in [2.05, 4.69) is 21.4 Å². The maximum Gasteiger partial charge on any atom is 0.285 e. The van der Waals surface area contributed by atoms with Gasteiger partial charge in [0.25, 0.3) is 11.8 Å². The Morgan fingerprint density at radius 1 is 1.12 bits per heavy atom. The Hall–Kier alpha value is -2.65. The predicted octanol–water partition coefficient (Wildman–Crippen LogP) is 6.23. The fourth-order valence-corrected chi connectivity index (χ4v) is 4.85. The van der Waals surface area contributed by atoms with E-state index in [0.29, 0.717) is 27.8 Å². The second-order valence-corrected chi connectivity index (χ2v) is 9.83. The Labute approximate surface area is 213 Å². The molecule has 9 heteroatoms. The van der Waals surface area contributed by atoms with E-state index in [1.54, 1.807) is 30.3 Å². The fraction of sp³-hybridized carbons (Fsp3) is 0.0417. The first-order chi connectivity index (χ1) is 15.9. The van der Waals surface area contributed by atoms with Crippen LogP contribution in [-0.2, 0) is 11.4 Å². The minimum absolute atomic E-state index is 0.259. The number of halogens is 2. The van der Waals surface area contributed by atoms with E-state index in [9.17, 15) is 9.59 Å². The van der Waals surface area contributed by atoms with E-state index in [0.717, 1.165) is 32.4 Å². The first-order valence-corrected chi connectivity index (χ1v) is 12.1. The number of benzene rings is 3. The number of rotatable bonds is 6. The van der Waals surface area contributed by atoms with Gasteiger partial charge < -0.3 is 4.74 Å². The van der Waals surface area contributed by atoms with Crippen LogP contribution in [0.1, 0.15) is 21.5 Å². The Kier molecular flexibility index (Phi) is 7.49. The van der Waals surface area contributed by atoms with Gasteiger partial charge >= 0.3 is 0 Å². The topological polar surface area (TPSA) is 58.6 Å². The van der Waals surface area contributed by atoms with Crippen LogP contribution in [0.4, 0.5) is 0 Å². The number of hydrogen-bond acceptors (Lipinski definition) is 5. The molecule has 1 heterocycles. The van der Waals surface area contributed by atoms with Crippen molar-refractivity contribution in [2.45, 2.75) is 6.61 Å². The first-order valence-electron chi connectivity index (χ1n) is 9.72. The molecule has 0 atom stereocenters. The van der Waals surface area contributed by atoms with Gasteiger partial charge in [-0.1, -0.05) is 65.8 Å². The minimum Gasteiger partial charge on any atom is -0.488 e. The summed E-state index contributed by atoms with van der Waals surface area (Å²) in [6, 6.07) is 21.6. The first kappa shape index (κ1) is 23.5. The fourth-order valence-electron chi connectivity index (χ4n) is 2.97. The lowest BCUT2D eigenvalue weighted by Gasteiger charge is -2.15. The number of hydrazine groups is 1. The number of ether oxygens (including phenoxy) is 1. The van der Waals surface area contributed by atoms with E-state index >= 15 is 0 Å². The molecule has 166 valence electrons. The summed E-state index contributed by atoms with van der Waals surface area (Å²) >= 11 is 16.1. The van der Waals surface area contributed by atoms with E-state index in [4.69, 9.17) is 28.6 Å². The molecule has 1 saturated heterocycles. The third-order valence-electron chi connectivity index (χ3n) is 4.64. The van der Waals surface area contributed by atoms with Crippen LogP contribution in [-0.4, -0.2) is 21.1 Å². The van der Waals surface area contributed by atoms with Gasteiger partial charge in [-0.25, -0.2) is 0 Å². The number of hydrogen-bond donors (Lipinski definition) is 1. The molecule has 0 radical (unpaired) electrons. The van der Waals surface area contributed by atoms with Crippen LogP contribution in [0.2, 0.25) is 5.02 Å². The van der Waals surface area contributed by atoms with Crippen molar-refractivity contribution < 1.29 is 14.3 Å². The molecule has 0 bridgehead atoms. The number of carbonyl (C=O) groups is 2. The number of thiocarbonyl (C=S) groups is 1. The summed E-state index contributed by atoms with van der Waals surface area (Å²) in [5, 5.41) is 1.74. The highest BCUT2D eigenvalue weighted by Gasteiger charge is 2.33. The van der Waals surface area contributed by atoms with Gasteiger partial charge in [-0.2, -0.15) is 5.01 Å². The van der Waals surface area contributed by atoms with Crippen molar-refractivity contribution in [3.05, 3.63) is 104 Å². The number of carbonyl (C=O) groups excluding carboxylic acids is 2. The molecule has 3 aromatic carbocycles. The molecule has 33 heavy (non-hydrogen) atoms. The van der Waals surface area contributed by atoms with Crippen molar-refractivity contribution in [2.75, 3.05) is 0 Å². The molecule has 0 unspecified atom stereocenters. The van der Waals surface area contributed by atoms with Gasteiger partial charge in [0.1, 0.15) is 12.4 Å². The zero-order valence-electron chi connectivity index (χ0n) is 17.0. The summed E-state index contributed by atoms with van der Waals surface area (Å²) in [6.07, 6.45) is 1.72. The molecule has 5 nitrogen and oxygen atoms in total. The van der Waals surface area contributed by atoms with Gasteiger partial charge in [0.05, 0.1) is 9.38 Å². The number of nitrogens with zero attached hydrogens (tertiary/aromatic N) is 1. The summed E-state index contributed by atoms with van der Waals surface area (Å²) in [6.45, 7) is 0.331. The zero-order chi connectivity index (χ0) is 23.4. The van der Waals surface area contributed by atoms with E-state index in [-0.39, 0.29) is 10.2 Å². The molecule has 0 saturated carbocycles. The molecule has 4 rings (SSSR count). The Morgan fingerprint density at radius 3 is 2.58 bits per heavy atom. The van der Waals surface area contributed by atoms with E-state index < -0.39 is 5.91 Å². The molecule has 0 spiro atoms. The van der Waals surface area contributed by atoms with Gasteiger partial charge in [0, 0.05) is 16.1 Å². The monoisotopic (exact) mass is 558 g/mol. The second kappa shape index (κ2) is 10.5. The lowest BCUT2D eigenvalue weighted by atomic mass is 10.2. The summed E-state index contributed by atoms with van der Waals surface area (Å²) in [4.78, 5) is 25.6. The van der Waals surface area contributed by atoms with Crippen molar-refractivity contribution in [2.24, 2.45) is 0 Å². The maximum atomic E-state index is 12.8. The number of nitrogens with one attached hydrogen (secondary N) is 1. The maximum absolute atomic E-state index is 12.8. The highest BCUT2D eigenvalue weighted by atomic mass is 79.9. The molecule has 1 fully saturated rings. The Morgan fingerprint density at radius 2 is 1.85 bits per heavy atom. The normalized spacial score (nSPS) is 14.6. The van der Waals surface area contributed by atoms with Gasteiger partial charge in [0.2, 0.25) is 0 Å². The standard InChI is InChI=1S/C24H16BrClN2O3S2/c25-18-12-15(10-11-20(18)31-14-17-8-4-5-9-19(17)26)13-21-23(30)28(24(32)33-21)27-22(29)16-6-2-1-3-7-16/h1-13H,14H2,(H,27,29)/b21-13+. The quantitative estimate of drug-likeness (QED) is 0.287. The Balaban J connectivity index is 1.44. The average Bonchev–Trinajstić information content (AvgIpc) is 3.07. The highest BCUT2D eigenvalue weighted by molar-refractivity contribution is 9.10. The smallest absolute Gasteiger partial charge is 0.285 e. The highest BCUT2D eigenvalue weighted by Crippen LogP contribution is 2.33. The van der Waals surface area contributed by atoms with Crippen LogP contribution < -0.4 is 10.2 Å². The average molecular weight is 560 g/mol. The second-order valence-electron chi connectivity index (χ2n) is 6.89. The van der Waals surface area contributed by atoms with Crippen LogP contribution in [0.3, 0.4) is 0 Å². The molecular formula is C24H16BrClN2O3S2. The largest absolute Gasteiger partial charge is 0.488 e. The molecular weight excluding hydrogens is 544 g/mol. The minimum atomic E-state index is -0.407. The predicted molar refractivity (Wildman–Crippen MR) is 139 cm³/mol. The lowest BCUT2D eigenvalue weighted by Crippen LogP contribution is -2.44. The molecule has 2 amide bonds. The van der Waals surface area contributed by atoms with E-state index in [1.807, 2.05) is 48.5 Å². The third kappa shape index (κ3) is 5.65. The van der Waals surface area contributed by atoms with Gasteiger partial charge in [-0.05, 0) is 70.1 Å². The number of thioether (sulfide) groups is 1. The number of amides is 2. The van der Waals surface area contributed by atoms with Crippen molar-refractivity contribution >= 4 is 73.7 Å². The van der Waals surface area contributed by atoms with Crippen LogP contribution in [0.15, 0.2) is 82.2 Å². The molecule has 0 aliphatic carbocycles. The van der Waals surface area contributed by atoms with Gasteiger partial charge in [-0.15, -0.1) is 0 Å². The zero-order valence-corrected chi connectivity index (χ0v) is 20.9. The summed E-state index contributed by atoms with van der Waals surface area (Å²) in [7, 11) is 0. The summed E-state index contributed by atoms with van der Waals surface area (Å²) in [5.41, 5.74) is 4.67. The molecule has 1 N–H and O–H groups in total. The molecule has 1 aliphatic heterocycles. The summed E-state index contributed by atoms with van der Waals surface area (Å²) in [5.74, 6) is -0.143. The van der Waals surface area contributed by atoms with Crippen molar-refractivity contribution in [1.82, 2.24) is 10.4 Å². The van der Waals surface area contributed by atoms with Gasteiger partial charge in [-0.3, -0.25) is 15.0 Å². The lowest BCUT2D eigenvalue weighted by molar-refractivity contribution is -0.123. The van der Waals surface area contributed by atoms with Gasteiger partial charge in [0.15, 0.2) is 4.32 Å². The van der Waals surface area contributed by atoms with Crippen LogP contribution in [0.5, 0.6) is 5.75 Å². The van der Waals surface area contributed by atoms with E-state index in [1.165, 1.54) is 0 Å². The van der Waals surface area contributed by atoms with Crippen molar-refractivity contribution in [1.29, 1.82) is 0 Å². The van der Waals surface area contributed by atoms with Crippen LogP contribution >= 0.6 is 51.5 Å². The van der Waals surface area contributed by atoms with Crippen LogP contribution in [0, 0.1) is 0 Å². The SMILES string of the molecule is O=C(NN1C(=O)/C(=C\c2ccc(OCc3ccccc3Cl)c(Br)c2)SC1=S)c1ccccc1. The molecule has 3 aromatic rings. The Bertz CT molecular complexity index is 1270. The molecule has 0 aromatic heterocycles.